The second-order valence-electron chi connectivity index (χ2n) is 12.7. The number of carbonyl (C=O) groups is 3. The molecule has 11 heteroatoms. The molecule has 3 amide bonds. The summed E-state index contributed by atoms with van der Waals surface area (Å²) in [4.78, 5) is 61.3. The molecule has 1 heterocycles. The van der Waals surface area contributed by atoms with E-state index >= 15 is 0 Å². The van der Waals surface area contributed by atoms with Gasteiger partial charge in [0.1, 0.15) is 11.6 Å². The average Bonchev–Trinajstić information content (AvgIpc) is 3.03. The van der Waals surface area contributed by atoms with Gasteiger partial charge in [-0.3, -0.25) is 14.6 Å². The van der Waals surface area contributed by atoms with Gasteiger partial charge in [-0.2, -0.15) is 0 Å². The number of anilines is 1. The van der Waals surface area contributed by atoms with E-state index in [9.17, 15) is 19.2 Å². The summed E-state index contributed by atoms with van der Waals surface area (Å²) >= 11 is 0. The Labute approximate surface area is 269 Å². The number of benzene rings is 2. The van der Waals surface area contributed by atoms with Crippen LogP contribution in [-0.4, -0.2) is 58.8 Å². The van der Waals surface area contributed by atoms with Gasteiger partial charge in [0.05, 0.1) is 0 Å². The van der Waals surface area contributed by atoms with Crippen molar-refractivity contribution in [1.29, 1.82) is 0 Å². The molecule has 3 aromatic rings. The Hall–Kier alpha value is -4.80. The maximum Gasteiger partial charge on any atom is 0.407 e. The minimum Gasteiger partial charge on any atom is -0.444 e. The molecule has 0 aliphatic heterocycles. The normalized spacial score (nSPS) is 17.5. The van der Waals surface area contributed by atoms with Crippen LogP contribution in [0.1, 0.15) is 64.5 Å². The number of hydrogen-bond donors (Lipinski definition) is 4. The van der Waals surface area contributed by atoms with E-state index in [4.69, 9.17) is 4.74 Å². The van der Waals surface area contributed by atoms with Crippen LogP contribution in [0.2, 0.25) is 0 Å². The fourth-order valence-electron chi connectivity index (χ4n) is 5.44. The van der Waals surface area contributed by atoms with Crippen molar-refractivity contribution < 1.29 is 19.1 Å². The number of carbonyl (C=O) groups excluding carboxylic acids is 3. The summed E-state index contributed by atoms with van der Waals surface area (Å²) < 4.78 is 5.33. The zero-order valence-electron chi connectivity index (χ0n) is 27.2. The van der Waals surface area contributed by atoms with E-state index < -0.39 is 23.4 Å². The van der Waals surface area contributed by atoms with Crippen molar-refractivity contribution in [2.45, 2.75) is 71.4 Å². The predicted molar refractivity (Wildman–Crippen MR) is 179 cm³/mol. The molecule has 1 aliphatic carbocycles. The third-order valence-corrected chi connectivity index (χ3v) is 8.06. The quantitative estimate of drug-likeness (QED) is 0.235. The molecule has 244 valence electrons. The molecule has 0 bridgehead atoms. The van der Waals surface area contributed by atoms with E-state index in [1.54, 1.807) is 13.2 Å². The van der Waals surface area contributed by atoms with E-state index in [1.165, 1.54) is 6.20 Å². The van der Waals surface area contributed by atoms with E-state index in [1.807, 2.05) is 76.2 Å². The summed E-state index contributed by atoms with van der Waals surface area (Å²) in [6.07, 6.45) is 5.80. The monoisotopic (exact) mass is 628 g/mol. The Morgan fingerprint density at radius 3 is 2.39 bits per heavy atom. The first-order chi connectivity index (χ1) is 21.9. The number of aromatic amines is 1. The standard InChI is InChI=1S/C35H44N6O5/c1-22(36-5)25-13-15-29(16-14-25)40-32(43)30(18-24-7-6-8-27(17-24)28-20-37-33(44)38-21-28)41-31(42)26-11-9-23(10-12-26)19-39-34(45)46-35(2,3)4/h6-8,13-17,20-21,23,26,30H,9-12,18-19H2,1-5H3,(H,39,45)(H,40,43)(H,41,42)(H,37,38,44). The second kappa shape index (κ2) is 15.5. The smallest absolute Gasteiger partial charge is 0.407 e. The molecule has 0 radical (unpaired) electrons. The number of amides is 3. The van der Waals surface area contributed by atoms with Crippen LogP contribution in [0.4, 0.5) is 10.5 Å². The first-order valence-electron chi connectivity index (χ1n) is 15.7. The number of rotatable bonds is 10. The third-order valence-electron chi connectivity index (χ3n) is 8.06. The van der Waals surface area contributed by atoms with E-state index in [0.717, 1.165) is 40.8 Å². The number of alkyl carbamates (subject to hydrolysis) is 1. The lowest BCUT2D eigenvalue weighted by atomic mass is 9.81. The largest absolute Gasteiger partial charge is 0.444 e. The second-order valence-corrected chi connectivity index (χ2v) is 12.7. The zero-order valence-corrected chi connectivity index (χ0v) is 27.2. The SMILES string of the molecule is CN=C(C)c1ccc(NC(=O)C(Cc2cccc(-c3cnc(=O)[nH]c3)c2)NC(=O)C2CCC(CNC(=O)OC(C)(C)C)CC2)cc1. The van der Waals surface area contributed by atoms with Crippen molar-refractivity contribution in [3.63, 3.8) is 0 Å². The number of H-pyrrole nitrogens is 1. The molecule has 1 aromatic heterocycles. The molecule has 0 spiro atoms. The minimum absolute atomic E-state index is 0.162. The topological polar surface area (TPSA) is 155 Å². The molecule has 4 rings (SSSR count). The van der Waals surface area contributed by atoms with Gasteiger partial charge in [0.2, 0.25) is 11.8 Å². The van der Waals surface area contributed by atoms with Crippen molar-refractivity contribution in [3.05, 3.63) is 82.5 Å². The van der Waals surface area contributed by atoms with Crippen LogP contribution in [0.5, 0.6) is 0 Å². The molecule has 1 unspecified atom stereocenters. The molecule has 46 heavy (non-hydrogen) atoms. The van der Waals surface area contributed by atoms with Crippen LogP contribution in [0.15, 0.2) is 70.7 Å². The number of aliphatic imine (C=N–C) groups is 1. The van der Waals surface area contributed by atoms with Crippen LogP contribution in [0, 0.1) is 11.8 Å². The van der Waals surface area contributed by atoms with Gasteiger partial charge in [-0.05, 0) is 88.1 Å². The fraction of sp³-hybridized carbons (Fsp3) is 0.429. The van der Waals surface area contributed by atoms with Crippen LogP contribution in [0.25, 0.3) is 11.1 Å². The molecule has 4 N–H and O–H groups in total. The van der Waals surface area contributed by atoms with Gasteiger partial charge in [-0.15, -0.1) is 0 Å². The number of aromatic nitrogens is 2. The molecule has 0 saturated heterocycles. The number of nitrogens with one attached hydrogen (secondary N) is 4. The van der Waals surface area contributed by atoms with Gasteiger partial charge in [-0.25, -0.2) is 14.6 Å². The Morgan fingerprint density at radius 2 is 1.76 bits per heavy atom. The highest BCUT2D eigenvalue weighted by Gasteiger charge is 2.30. The number of nitrogens with zero attached hydrogens (tertiary/aromatic N) is 2. The van der Waals surface area contributed by atoms with Crippen LogP contribution in [0.3, 0.4) is 0 Å². The lowest BCUT2D eigenvalue weighted by Crippen LogP contribution is -2.48. The Bertz CT molecular complexity index is 1580. The summed E-state index contributed by atoms with van der Waals surface area (Å²) in [6, 6.07) is 14.2. The predicted octanol–water partition coefficient (Wildman–Crippen LogP) is 4.87. The number of ether oxygens (including phenoxy) is 1. The van der Waals surface area contributed by atoms with Gasteiger partial charge < -0.3 is 25.7 Å². The van der Waals surface area contributed by atoms with E-state index in [0.29, 0.717) is 25.1 Å². The van der Waals surface area contributed by atoms with Gasteiger partial charge in [0.25, 0.3) is 0 Å². The third kappa shape index (κ3) is 10.1. The van der Waals surface area contributed by atoms with Crippen LogP contribution < -0.4 is 21.6 Å². The van der Waals surface area contributed by atoms with Gasteiger partial charge >= 0.3 is 11.8 Å². The van der Waals surface area contributed by atoms with E-state index in [-0.39, 0.29) is 30.1 Å². The average molecular weight is 629 g/mol. The Kier molecular flexibility index (Phi) is 11.5. The molecular weight excluding hydrogens is 584 g/mol. The lowest BCUT2D eigenvalue weighted by Gasteiger charge is -2.29. The summed E-state index contributed by atoms with van der Waals surface area (Å²) in [6.45, 7) is 7.89. The van der Waals surface area contributed by atoms with Crippen molar-refractivity contribution in [2.24, 2.45) is 16.8 Å². The zero-order chi connectivity index (χ0) is 33.3. The van der Waals surface area contributed by atoms with Gasteiger partial charge in [-0.1, -0.05) is 36.4 Å². The summed E-state index contributed by atoms with van der Waals surface area (Å²) in [5, 5.41) is 8.83. The Morgan fingerprint density at radius 1 is 1.04 bits per heavy atom. The maximum absolute atomic E-state index is 13.7. The molecule has 1 fully saturated rings. The van der Waals surface area contributed by atoms with Crippen molar-refractivity contribution in [2.75, 3.05) is 18.9 Å². The highest BCUT2D eigenvalue weighted by atomic mass is 16.6. The fourth-order valence-corrected chi connectivity index (χ4v) is 5.44. The van der Waals surface area contributed by atoms with E-state index in [2.05, 4.69) is 30.9 Å². The highest BCUT2D eigenvalue weighted by Crippen LogP contribution is 2.29. The first kappa shape index (κ1) is 34.1. The minimum atomic E-state index is -0.832. The summed E-state index contributed by atoms with van der Waals surface area (Å²) in [5.41, 5.74) is 3.86. The van der Waals surface area contributed by atoms with Crippen molar-refractivity contribution >= 4 is 29.3 Å². The van der Waals surface area contributed by atoms with Crippen LogP contribution in [-0.2, 0) is 20.7 Å². The summed E-state index contributed by atoms with van der Waals surface area (Å²) in [5.74, 6) is -0.467. The van der Waals surface area contributed by atoms with Crippen LogP contribution >= 0.6 is 0 Å². The molecule has 1 saturated carbocycles. The summed E-state index contributed by atoms with van der Waals surface area (Å²) in [7, 11) is 1.73. The maximum atomic E-state index is 13.7. The lowest BCUT2D eigenvalue weighted by molar-refractivity contribution is -0.130. The van der Waals surface area contributed by atoms with Crippen molar-refractivity contribution in [1.82, 2.24) is 20.6 Å². The first-order valence-corrected chi connectivity index (χ1v) is 15.7. The number of hydrogen-bond acceptors (Lipinski definition) is 7. The highest BCUT2D eigenvalue weighted by molar-refractivity contribution is 6.00. The molecule has 1 aliphatic rings. The molecule has 11 nitrogen and oxygen atoms in total. The molecule has 1 atom stereocenters. The molecule has 2 aromatic carbocycles. The molecular formula is C35H44N6O5. The van der Waals surface area contributed by atoms with Crippen molar-refractivity contribution in [3.8, 4) is 11.1 Å². The Balaban J connectivity index is 1.44. The van der Waals surface area contributed by atoms with Gasteiger partial charge in [0.15, 0.2) is 0 Å². The van der Waals surface area contributed by atoms with Gasteiger partial charge in [0, 0.05) is 55.3 Å².